The van der Waals surface area contributed by atoms with Crippen LogP contribution >= 0.6 is 0 Å². The van der Waals surface area contributed by atoms with Gasteiger partial charge in [0.1, 0.15) is 17.3 Å². The summed E-state index contributed by atoms with van der Waals surface area (Å²) in [5.74, 6) is 6.85. The van der Waals surface area contributed by atoms with Crippen LogP contribution in [0.25, 0.3) is 0 Å². The molecule has 0 amide bonds. The van der Waals surface area contributed by atoms with Gasteiger partial charge in [-0.15, -0.1) is 0 Å². The third-order valence-electron chi connectivity index (χ3n) is 2.63. The Bertz CT molecular complexity index is 496. The molecule has 0 aliphatic rings. The molecule has 0 aliphatic carbocycles. The van der Waals surface area contributed by atoms with Crippen molar-refractivity contribution in [3.63, 3.8) is 0 Å². The van der Waals surface area contributed by atoms with Crippen LogP contribution in [0, 0.1) is 12.7 Å². The van der Waals surface area contributed by atoms with E-state index < -0.39 is 0 Å². The molecule has 0 saturated carbocycles. The second-order valence-corrected chi connectivity index (χ2v) is 4.00. The molecule has 2 aromatic rings. The van der Waals surface area contributed by atoms with Crippen molar-refractivity contribution in [2.24, 2.45) is 5.84 Å². The van der Waals surface area contributed by atoms with Gasteiger partial charge in [0, 0.05) is 0 Å². The Morgan fingerprint density at radius 2 is 2.18 bits per heavy atom. The monoisotopic (exact) mass is 234 g/mol. The van der Waals surface area contributed by atoms with Crippen molar-refractivity contribution in [1.82, 2.24) is 5.43 Å². The van der Waals surface area contributed by atoms with Crippen LogP contribution in [-0.4, -0.2) is 0 Å². The van der Waals surface area contributed by atoms with Gasteiger partial charge in [-0.1, -0.05) is 12.1 Å². The number of hydrogen-bond acceptors (Lipinski definition) is 3. The molecule has 1 aromatic carbocycles. The highest BCUT2D eigenvalue weighted by Crippen LogP contribution is 2.20. The Labute approximate surface area is 99.4 Å². The van der Waals surface area contributed by atoms with Gasteiger partial charge < -0.3 is 4.42 Å². The van der Waals surface area contributed by atoms with Crippen molar-refractivity contribution in [3.8, 4) is 0 Å². The average molecular weight is 234 g/mol. The number of aryl methyl sites for hydroxylation is 1. The van der Waals surface area contributed by atoms with Gasteiger partial charge in [0.05, 0.1) is 6.04 Å². The molecule has 2 rings (SSSR count). The number of hydrazine groups is 1. The number of furan rings is 1. The summed E-state index contributed by atoms with van der Waals surface area (Å²) < 4.78 is 18.6. The number of rotatable bonds is 4. The lowest BCUT2D eigenvalue weighted by Gasteiger charge is -2.13. The van der Waals surface area contributed by atoms with E-state index in [9.17, 15) is 4.39 Å². The SMILES string of the molecule is Cc1ccc(C(Cc2cccc(F)c2)NN)o1. The maximum Gasteiger partial charge on any atom is 0.123 e. The molecule has 4 heteroatoms. The minimum absolute atomic E-state index is 0.148. The highest BCUT2D eigenvalue weighted by molar-refractivity contribution is 5.20. The fourth-order valence-corrected chi connectivity index (χ4v) is 1.78. The van der Waals surface area contributed by atoms with Crippen molar-refractivity contribution >= 4 is 0 Å². The van der Waals surface area contributed by atoms with Gasteiger partial charge in [-0.2, -0.15) is 0 Å². The molecule has 17 heavy (non-hydrogen) atoms. The Morgan fingerprint density at radius 3 is 2.76 bits per heavy atom. The lowest BCUT2D eigenvalue weighted by atomic mass is 10.0. The molecule has 1 aromatic heterocycles. The topological polar surface area (TPSA) is 51.2 Å². The first-order chi connectivity index (χ1) is 8.19. The Kier molecular flexibility index (Phi) is 3.56. The fraction of sp³-hybridized carbons (Fsp3) is 0.231. The normalized spacial score (nSPS) is 12.6. The van der Waals surface area contributed by atoms with Crippen molar-refractivity contribution in [3.05, 3.63) is 59.3 Å². The van der Waals surface area contributed by atoms with Gasteiger partial charge in [0.15, 0.2) is 0 Å². The lowest BCUT2D eigenvalue weighted by Crippen LogP contribution is -2.29. The first-order valence-corrected chi connectivity index (χ1v) is 5.46. The van der Waals surface area contributed by atoms with E-state index in [-0.39, 0.29) is 11.9 Å². The smallest absolute Gasteiger partial charge is 0.123 e. The number of benzene rings is 1. The first kappa shape index (κ1) is 11.8. The van der Waals surface area contributed by atoms with Crippen LogP contribution in [0.3, 0.4) is 0 Å². The fourth-order valence-electron chi connectivity index (χ4n) is 1.78. The summed E-state index contributed by atoms with van der Waals surface area (Å²) in [6, 6.07) is 10.1. The molecule has 0 bridgehead atoms. The van der Waals surface area contributed by atoms with Crippen LogP contribution < -0.4 is 11.3 Å². The van der Waals surface area contributed by atoms with Crippen molar-refractivity contribution in [2.45, 2.75) is 19.4 Å². The molecular weight excluding hydrogens is 219 g/mol. The predicted molar refractivity (Wildman–Crippen MR) is 63.6 cm³/mol. The minimum Gasteiger partial charge on any atom is -0.465 e. The lowest BCUT2D eigenvalue weighted by molar-refractivity contribution is 0.402. The first-order valence-electron chi connectivity index (χ1n) is 5.46. The van der Waals surface area contributed by atoms with E-state index in [0.717, 1.165) is 17.1 Å². The van der Waals surface area contributed by atoms with Crippen LogP contribution in [0.2, 0.25) is 0 Å². The average Bonchev–Trinajstić information content (AvgIpc) is 2.73. The number of nitrogens with two attached hydrogens (primary N) is 1. The summed E-state index contributed by atoms with van der Waals surface area (Å²) in [5.41, 5.74) is 3.56. The van der Waals surface area contributed by atoms with Crippen molar-refractivity contribution < 1.29 is 8.81 Å². The largest absolute Gasteiger partial charge is 0.465 e. The molecule has 3 nitrogen and oxygen atoms in total. The number of nitrogens with one attached hydrogen (secondary N) is 1. The molecule has 3 N–H and O–H groups in total. The van der Waals surface area contributed by atoms with Gasteiger partial charge in [-0.05, 0) is 43.2 Å². The van der Waals surface area contributed by atoms with Gasteiger partial charge in [0.2, 0.25) is 0 Å². The van der Waals surface area contributed by atoms with Crippen molar-refractivity contribution in [2.75, 3.05) is 0 Å². The van der Waals surface area contributed by atoms with Gasteiger partial charge in [-0.3, -0.25) is 5.84 Å². The van der Waals surface area contributed by atoms with Crippen LogP contribution in [-0.2, 0) is 6.42 Å². The third kappa shape index (κ3) is 2.93. The molecule has 90 valence electrons. The van der Waals surface area contributed by atoms with E-state index in [1.165, 1.54) is 12.1 Å². The molecule has 1 heterocycles. The number of hydrogen-bond donors (Lipinski definition) is 2. The summed E-state index contributed by atoms with van der Waals surface area (Å²) in [6.07, 6.45) is 0.585. The van der Waals surface area contributed by atoms with Crippen LogP contribution in [0.1, 0.15) is 23.1 Å². The molecule has 1 atom stereocenters. The van der Waals surface area contributed by atoms with E-state index in [1.54, 1.807) is 6.07 Å². The zero-order valence-electron chi connectivity index (χ0n) is 9.61. The number of halogens is 1. The van der Waals surface area contributed by atoms with Gasteiger partial charge in [0.25, 0.3) is 0 Å². The summed E-state index contributed by atoms with van der Waals surface area (Å²) in [6.45, 7) is 1.87. The standard InChI is InChI=1S/C13H15FN2O/c1-9-5-6-13(17-9)12(16-15)8-10-3-2-4-11(14)7-10/h2-7,12,16H,8,15H2,1H3. The second-order valence-electron chi connectivity index (χ2n) is 4.00. The van der Waals surface area contributed by atoms with Crippen molar-refractivity contribution in [1.29, 1.82) is 0 Å². The third-order valence-corrected chi connectivity index (χ3v) is 2.63. The molecule has 1 unspecified atom stereocenters. The maximum absolute atomic E-state index is 13.1. The quantitative estimate of drug-likeness (QED) is 0.631. The molecule has 0 spiro atoms. The van der Waals surface area contributed by atoms with Gasteiger partial charge >= 0.3 is 0 Å². The van der Waals surface area contributed by atoms with E-state index in [1.807, 2.05) is 25.1 Å². The molecular formula is C13H15FN2O. The summed E-state index contributed by atoms with van der Waals surface area (Å²) >= 11 is 0. The highest BCUT2D eigenvalue weighted by atomic mass is 19.1. The minimum atomic E-state index is -0.242. The van der Waals surface area contributed by atoms with E-state index in [4.69, 9.17) is 10.3 Å². The Hall–Kier alpha value is -1.65. The van der Waals surface area contributed by atoms with E-state index >= 15 is 0 Å². The zero-order chi connectivity index (χ0) is 12.3. The van der Waals surface area contributed by atoms with E-state index in [2.05, 4.69) is 5.43 Å². The molecule has 0 fully saturated rings. The van der Waals surface area contributed by atoms with Crippen LogP contribution in [0.4, 0.5) is 4.39 Å². The highest BCUT2D eigenvalue weighted by Gasteiger charge is 2.14. The molecule has 0 radical (unpaired) electrons. The van der Waals surface area contributed by atoms with E-state index in [0.29, 0.717) is 6.42 Å². The molecule has 0 saturated heterocycles. The summed E-state index contributed by atoms with van der Waals surface area (Å²) in [4.78, 5) is 0. The van der Waals surface area contributed by atoms with Gasteiger partial charge in [-0.25, -0.2) is 9.82 Å². The predicted octanol–water partition coefficient (Wildman–Crippen LogP) is 2.47. The summed E-state index contributed by atoms with van der Waals surface area (Å²) in [7, 11) is 0. The maximum atomic E-state index is 13.1. The molecule has 0 aliphatic heterocycles. The Morgan fingerprint density at radius 1 is 1.35 bits per heavy atom. The summed E-state index contributed by atoms with van der Waals surface area (Å²) in [5, 5.41) is 0. The Balaban J connectivity index is 2.15. The zero-order valence-corrected chi connectivity index (χ0v) is 9.61. The van der Waals surface area contributed by atoms with Crippen LogP contribution in [0.15, 0.2) is 40.8 Å². The second kappa shape index (κ2) is 5.12. The van der Waals surface area contributed by atoms with Crippen LogP contribution in [0.5, 0.6) is 0 Å².